The molecule has 0 unspecified atom stereocenters. The number of carbonyl (C=O) groups is 1. The highest BCUT2D eigenvalue weighted by atomic mass is 35.5. The summed E-state index contributed by atoms with van der Waals surface area (Å²) in [5.41, 5.74) is 2.43. The van der Waals surface area contributed by atoms with E-state index in [0.717, 1.165) is 27.3 Å². The van der Waals surface area contributed by atoms with Gasteiger partial charge in [-0.3, -0.25) is 4.79 Å². The second-order valence-electron chi connectivity index (χ2n) is 7.88. The highest BCUT2D eigenvalue weighted by Gasteiger charge is 2.26. The Labute approximate surface area is 199 Å². The third-order valence-electron chi connectivity index (χ3n) is 5.90. The molecule has 33 heavy (non-hydrogen) atoms. The molecule has 0 spiro atoms. The molecule has 1 saturated heterocycles. The van der Waals surface area contributed by atoms with Crippen LogP contribution in [0.1, 0.15) is 15.4 Å². The molecule has 0 aliphatic carbocycles. The minimum absolute atomic E-state index is 0.00173. The van der Waals surface area contributed by atoms with Crippen molar-refractivity contribution in [2.45, 2.75) is 6.92 Å². The predicted molar refractivity (Wildman–Crippen MR) is 130 cm³/mol. The van der Waals surface area contributed by atoms with Gasteiger partial charge in [0, 0.05) is 43.3 Å². The van der Waals surface area contributed by atoms with Crippen molar-refractivity contribution in [3.63, 3.8) is 0 Å². The summed E-state index contributed by atoms with van der Waals surface area (Å²) < 4.78 is 20.9. The summed E-state index contributed by atoms with van der Waals surface area (Å²) in [4.78, 5) is 18.8. The van der Waals surface area contributed by atoms with E-state index >= 15 is 0 Å². The van der Waals surface area contributed by atoms with E-state index in [0.29, 0.717) is 36.1 Å². The van der Waals surface area contributed by atoms with Gasteiger partial charge in [0.2, 0.25) is 0 Å². The maximum absolute atomic E-state index is 14.1. The van der Waals surface area contributed by atoms with Crippen LogP contribution < -0.4 is 9.64 Å². The fourth-order valence-electron chi connectivity index (χ4n) is 4.11. The number of fused-ring (bicyclic) bond motifs is 1. The lowest BCUT2D eigenvalue weighted by Gasteiger charge is -2.36. The maximum atomic E-state index is 14.1. The number of piperazine rings is 1. The van der Waals surface area contributed by atoms with Crippen LogP contribution in [0.5, 0.6) is 5.75 Å². The van der Waals surface area contributed by atoms with Crippen molar-refractivity contribution in [3.05, 3.63) is 69.9 Å². The Hall–Kier alpha value is -3.10. The van der Waals surface area contributed by atoms with Crippen LogP contribution in [0.25, 0.3) is 15.9 Å². The quantitative estimate of drug-likeness (QED) is 0.401. The molecule has 0 bridgehead atoms. The lowest BCUT2D eigenvalue weighted by atomic mass is 10.2. The highest BCUT2D eigenvalue weighted by molar-refractivity contribution is 7.20. The molecular formula is C24H22ClFN4O2S. The fraction of sp³-hybridized carbons (Fsp3) is 0.250. The maximum Gasteiger partial charge on any atom is 0.264 e. The molecule has 3 heterocycles. The van der Waals surface area contributed by atoms with Gasteiger partial charge in [0.15, 0.2) is 11.6 Å². The number of ether oxygens (including phenoxy) is 1. The van der Waals surface area contributed by atoms with Gasteiger partial charge in [0.1, 0.15) is 4.83 Å². The Morgan fingerprint density at radius 2 is 1.88 bits per heavy atom. The Morgan fingerprint density at radius 1 is 1.12 bits per heavy atom. The molecule has 0 atom stereocenters. The summed E-state index contributed by atoms with van der Waals surface area (Å²) in [5.74, 6) is -0.161. The van der Waals surface area contributed by atoms with Crippen molar-refractivity contribution < 1.29 is 13.9 Å². The van der Waals surface area contributed by atoms with Gasteiger partial charge in [0.05, 0.1) is 28.4 Å². The summed E-state index contributed by atoms with van der Waals surface area (Å²) in [5, 5.41) is 6.19. The van der Waals surface area contributed by atoms with Gasteiger partial charge in [-0.05, 0) is 37.3 Å². The largest absolute Gasteiger partial charge is 0.494 e. The molecule has 5 rings (SSSR count). The molecular weight excluding hydrogens is 463 g/mol. The molecule has 0 N–H and O–H groups in total. The number of anilines is 1. The van der Waals surface area contributed by atoms with Crippen molar-refractivity contribution in [2.24, 2.45) is 0 Å². The third-order valence-corrected chi connectivity index (χ3v) is 7.32. The Kier molecular flexibility index (Phi) is 5.72. The van der Waals surface area contributed by atoms with E-state index in [1.54, 1.807) is 6.07 Å². The average Bonchev–Trinajstić information content (AvgIpc) is 3.40. The Balaban J connectivity index is 1.34. The van der Waals surface area contributed by atoms with Crippen molar-refractivity contribution in [1.29, 1.82) is 0 Å². The predicted octanol–water partition coefficient (Wildman–Crippen LogP) is 5.16. The van der Waals surface area contributed by atoms with E-state index in [-0.39, 0.29) is 17.5 Å². The van der Waals surface area contributed by atoms with Crippen LogP contribution >= 0.6 is 22.9 Å². The zero-order valence-corrected chi connectivity index (χ0v) is 19.8. The van der Waals surface area contributed by atoms with Crippen molar-refractivity contribution >= 4 is 44.7 Å². The summed E-state index contributed by atoms with van der Waals surface area (Å²) in [6, 6.07) is 14.4. The topological polar surface area (TPSA) is 50.6 Å². The molecule has 1 aliphatic rings. The van der Waals surface area contributed by atoms with Gasteiger partial charge in [-0.2, -0.15) is 5.10 Å². The standard InChI is InChI=1S/C24H22ClFN4O2S/c1-15-17-14-22(33-24(17)30(27-15)20-6-4-3-5-18(20)25)23(31)29-11-9-28(10-12-29)16-7-8-21(32-2)19(26)13-16/h3-8,13-14H,9-12H2,1-2H3. The second kappa shape index (κ2) is 8.68. The molecule has 2 aromatic carbocycles. The van der Waals surface area contributed by atoms with Crippen LogP contribution in [0.4, 0.5) is 10.1 Å². The normalized spacial score (nSPS) is 14.2. The Morgan fingerprint density at radius 3 is 2.58 bits per heavy atom. The fourth-order valence-corrected chi connectivity index (χ4v) is 5.47. The first-order chi connectivity index (χ1) is 16.0. The lowest BCUT2D eigenvalue weighted by molar-refractivity contribution is 0.0751. The Bertz CT molecular complexity index is 1340. The van der Waals surface area contributed by atoms with E-state index in [1.807, 2.05) is 52.9 Å². The molecule has 2 aromatic heterocycles. The SMILES string of the molecule is COc1ccc(N2CCN(C(=O)c3cc4c(C)nn(-c5ccccc5Cl)c4s3)CC2)cc1F. The first-order valence-corrected chi connectivity index (χ1v) is 11.8. The van der Waals surface area contributed by atoms with Gasteiger partial charge in [-0.15, -0.1) is 11.3 Å². The van der Waals surface area contributed by atoms with Crippen LogP contribution in [-0.2, 0) is 0 Å². The number of halogens is 2. The summed E-state index contributed by atoms with van der Waals surface area (Å²) >= 11 is 7.81. The number of thiophene rings is 1. The average molecular weight is 485 g/mol. The minimum atomic E-state index is -0.387. The second-order valence-corrected chi connectivity index (χ2v) is 9.31. The molecule has 170 valence electrons. The number of hydrogen-bond donors (Lipinski definition) is 0. The number of rotatable bonds is 4. The van der Waals surface area contributed by atoms with Crippen LogP contribution in [-0.4, -0.2) is 53.9 Å². The number of benzene rings is 2. The van der Waals surface area contributed by atoms with Crippen LogP contribution in [0.15, 0.2) is 48.5 Å². The third kappa shape index (κ3) is 3.94. The molecule has 0 saturated carbocycles. The monoisotopic (exact) mass is 484 g/mol. The molecule has 6 nitrogen and oxygen atoms in total. The van der Waals surface area contributed by atoms with Crippen molar-refractivity contribution in [3.8, 4) is 11.4 Å². The number of nitrogens with zero attached hydrogens (tertiary/aromatic N) is 4. The number of carbonyl (C=O) groups excluding carboxylic acids is 1. The molecule has 0 radical (unpaired) electrons. The number of aryl methyl sites for hydroxylation is 1. The molecule has 4 aromatic rings. The van der Waals surface area contributed by atoms with E-state index in [1.165, 1.54) is 24.5 Å². The summed E-state index contributed by atoms with van der Waals surface area (Å²) in [7, 11) is 1.45. The van der Waals surface area contributed by atoms with Crippen molar-refractivity contribution in [2.75, 3.05) is 38.2 Å². The van der Waals surface area contributed by atoms with E-state index < -0.39 is 0 Å². The van der Waals surface area contributed by atoms with Gasteiger partial charge in [-0.1, -0.05) is 23.7 Å². The first-order valence-electron chi connectivity index (χ1n) is 10.6. The molecule has 1 fully saturated rings. The number of hydrogen-bond acceptors (Lipinski definition) is 5. The van der Waals surface area contributed by atoms with Gasteiger partial charge >= 0.3 is 0 Å². The van der Waals surface area contributed by atoms with Gasteiger partial charge in [-0.25, -0.2) is 9.07 Å². The lowest BCUT2D eigenvalue weighted by Crippen LogP contribution is -2.48. The summed E-state index contributed by atoms with van der Waals surface area (Å²) in [6.45, 7) is 4.33. The van der Waals surface area contributed by atoms with Crippen LogP contribution in [0, 0.1) is 12.7 Å². The highest BCUT2D eigenvalue weighted by Crippen LogP contribution is 2.33. The van der Waals surface area contributed by atoms with E-state index in [9.17, 15) is 9.18 Å². The number of aromatic nitrogens is 2. The number of amides is 1. The van der Waals surface area contributed by atoms with Crippen LogP contribution in [0.2, 0.25) is 5.02 Å². The minimum Gasteiger partial charge on any atom is -0.494 e. The molecule has 9 heteroatoms. The number of para-hydroxylation sites is 1. The zero-order chi connectivity index (χ0) is 23.1. The van der Waals surface area contributed by atoms with Crippen molar-refractivity contribution in [1.82, 2.24) is 14.7 Å². The first kappa shape index (κ1) is 21.7. The van der Waals surface area contributed by atoms with E-state index in [4.69, 9.17) is 16.3 Å². The number of methoxy groups -OCH3 is 1. The molecule has 1 amide bonds. The van der Waals surface area contributed by atoms with Crippen LogP contribution in [0.3, 0.4) is 0 Å². The van der Waals surface area contributed by atoms with E-state index in [2.05, 4.69) is 10.00 Å². The molecule has 1 aliphatic heterocycles. The smallest absolute Gasteiger partial charge is 0.264 e. The van der Waals surface area contributed by atoms with Gasteiger partial charge in [0.25, 0.3) is 5.91 Å². The summed E-state index contributed by atoms with van der Waals surface area (Å²) in [6.07, 6.45) is 0. The zero-order valence-electron chi connectivity index (χ0n) is 18.2. The van der Waals surface area contributed by atoms with Gasteiger partial charge < -0.3 is 14.5 Å².